The van der Waals surface area contributed by atoms with Gasteiger partial charge in [-0.3, -0.25) is 9.79 Å². The molecular weight excluding hydrogens is 282 g/mol. The van der Waals surface area contributed by atoms with Gasteiger partial charge in [0.05, 0.1) is 19.1 Å². The van der Waals surface area contributed by atoms with Crippen LogP contribution in [-0.4, -0.2) is 53.1 Å². The van der Waals surface area contributed by atoms with Gasteiger partial charge in [-0.25, -0.2) is 4.98 Å². The first kappa shape index (κ1) is 16.3. The molecule has 1 fully saturated rings. The number of imidazole rings is 1. The standard InChI is InChI=1S/C15H25N5O2/c1-4-22-14(21)12-6-5-8-20(11-12)15(16-2)18-10-13-17-7-9-19(13)3/h7,9,12H,4-6,8,10-11H2,1-3H3,(H,16,18)/t12-/m1/s1. The first-order chi connectivity index (χ1) is 10.7. The first-order valence-corrected chi connectivity index (χ1v) is 7.74. The molecule has 7 heteroatoms. The molecule has 0 radical (unpaired) electrons. The number of carbonyl (C=O) groups is 1. The maximum atomic E-state index is 11.9. The number of nitrogens with zero attached hydrogens (tertiary/aromatic N) is 4. The number of nitrogens with one attached hydrogen (secondary N) is 1. The highest BCUT2D eigenvalue weighted by Crippen LogP contribution is 2.18. The van der Waals surface area contributed by atoms with E-state index >= 15 is 0 Å². The molecular formula is C15H25N5O2. The lowest BCUT2D eigenvalue weighted by molar-refractivity contribution is -0.149. The molecule has 2 heterocycles. The lowest BCUT2D eigenvalue weighted by atomic mass is 9.98. The minimum atomic E-state index is -0.105. The summed E-state index contributed by atoms with van der Waals surface area (Å²) >= 11 is 0. The summed E-state index contributed by atoms with van der Waals surface area (Å²) in [6, 6.07) is 0. The van der Waals surface area contributed by atoms with Crippen LogP contribution in [0, 0.1) is 5.92 Å². The quantitative estimate of drug-likeness (QED) is 0.505. The van der Waals surface area contributed by atoms with Gasteiger partial charge in [-0.2, -0.15) is 0 Å². The summed E-state index contributed by atoms with van der Waals surface area (Å²) in [5.74, 6) is 1.57. The van der Waals surface area contributed by atoms with Gasteiger partial charge in [0.25, 0.3) is 0 Å². The van der Waals surface area contributed by atoms with Crippen molar-refractivity contribution in [3.8, 4) is 0 Å². The smallest absolute Gasteiger partial charge is 0.310 e. The van der Waals surface area contributed by atoms with Gasteiger partial charge in [0.15, 0.2) is 5.96 Å². The molecule has 0 saturated carbocycles. The van der Waals surface area contributed by atoms with Crippen LogP contribution >= 0.6 is 0 Å². The monoisotopic (exact) mass is 307 g/mol. The van der Waals surface area contributed by atoms with Crippen molar-refractivity contribution in [2.45, 2.75) is 26.3 Å². The summed E-state index contributed by atoms with van der Waals surface area (Å²) in [6.07, 6.45) is 5.53. The number of rotatable bonds is 4. The highest BCUT2D eigenvalue weighted by Gasteiger charge is 2.28. The Kier molecular flexibility index (Phi) is 5.80. The molecule has 7 nitrogen and oxygen atoms in total. The van der Waals surface area contributed by atoms with E-state index in [0.29, 0.717) is 19.7 Å². The minimum absolute atomic E-state index is 0.0691. The van der Waals surface area contributed by atoms with Gasteiger partial charge in [-0.1, -0.05) is 0 Å². The molecule has 0 aromatic carbocycles. The van der Waals surface area contributed by atoms with E-state index < -0.39 is 0 Å². The van der Waals surface area contributed by atoms with Crippen molar-refractivity contribution in [1.29, 1.82) is 0 Å². The molecule has 0 amide bonds. The average Bonchev–Trinajstić information content (AvgIpc) is 2.94. The SMILES string of the molecule is CCOC(=O)[C@@H]1CCCN(C(=NC)NCc2nccn2C)C1. The van der Waals surface area contributed by atoms with E-state index in [1.54, 1.807) is 13.2 Å². The average molecular weight is 307 g/mol. The van der Waals surface area contributed by atoms with Gasteiger partial charge in [0.2, 0.25) is 0 Å². The van der Waals surface area contributed by atoms with Gasteiger partial charge in [-0.05, 0) is 19.8 Å². The Morgan fingerprint density at radius 1 is 1.59 bits per heavy atom. The zero-order valence-corrected chi connectivity index (χ0v) is 13.6. The van der Waals surface area contributed by atoms with Crippen molar-refractivity contribution in [3.63, 3.8) is 0 Å². The predicted molar refractivity (Wildman–Crippen MR) is 84.3 cm³/mol. The van der Waals surface area contributed by atoms with Crippen LogP contribution in [-0.2, 0) is 23.1 Å². The van der Waals surface area contributed by atoms with E-state index in [-0.39, 0.29) is 11.9 Å². The molecule has 0 spiro atoms. The number of aliphatic imine (C=N–C) groups is 1. The fourth-order valence-corrected chi connectivity index (χ4v) is 2.68. The van der Waals surface area contributed by atoms with Crippen LogP contribution in [0.3, 0.4) is 0 Å². The third kappa shape index (κ3) is 3.99. The Labute approximate surface area is 131 Å². The van der Waals surface area contributed by atoms with Crippen molar-refractivity contribution in [3.05, 3.63) is 18.2 Å². The molecule has 1 N–H and O–H groups in total. The fourth-order valence-electron chi connectivity index (χ4n) is 2.68. The van der Waals surface area contributed by atoms with Crippen LogP contribution in [0.4, 0.5) is 0 Å². The topological polar surface area (TPSA) is 71.8 Å². The highest BCUT2D eigenvalue weighted by atomic mass is 16.5. The highest BCUT2D eigenvalue weighted by molar-refractivity contribution is 5.81. The molecule has 22 heavy (non-hydrogen) atoms. The van der Waals surface area contributed by atoms with Crippen LogP contribution < -0.4 is 5.32 Å². The number of hydrogen-bond donors (Lipinski definition) is 1. The number of aryl methyl sites for hydroxylation is 1. The van der Waals surface area contributed by atoms with Crippen LogP contribution in [0.15, 0.2) is 17.4 Å². The largest absolute Gasteiger partial charge is 0.466 e. The predicted octanol–water partition coefficient (Wildman–Crippen LogP) is 0.771. The summed E-state index contributed by atoms with van der Waals surface area (Å²) < 4.78 is 7.11. The molecule has 1 aliphatic heterocycles. The summed E-state index contributed by atoms with van der Waals surface area (Å²) in [5.41, 5.74) is 0. The van der Waals surface area contributed by atoms with Gasteiger partial charge < -0.3 is 19.5 Å². The number of hydrogen-bond acceptors (Lipinski definition) is 4. The van der Waals surface area contributed by atoms with Crippen LogP contribution in [0.2, 0.25) is 0 Å². The number of esters is 1. The van der Waals surface area contributed by atoms with Gasteiger partial charge in [-0.15, -0.1) is 0 Å². The van der Waals surface area contributed by atoms with E-state index in [1.165, 1.54) is 0 Å². The summed E-state index contributed by atoms with van der Waals surface area (Å²) in [7, 11) is 3.72. The van der Waals surface area contributed by atoms with E-state index in [1.807, 2.05) is 24.7 Å². The molecule has 1 saturated heterocycles. The molecule has 1 aromatic rings. The number of likely N-dealkylation sites (tertiary alicyclic amines) is 1. The van der Waals surface area contributed by atoms with E-state index in [0.717, 1.165) is 31.2 Å². The number of ether oxygens (including phenoxy) is 1. The minimum Gasteiger partial charge on any atom is -0.466 e. The third-order valence-electron chi connectivity index (χ3n) is 3.88. The second-order valence-electron chi connectivity index (χ2n) is 5.39. The third-order valence-corrected chi connectivity index (χ3v) is 3.88. The summed E-state index contributed by atoms with van der Waals surface area (Å²) in [4.78, 5) is 22.7. The van der Waals surface area contributed by atoms with Crippen molar-refractivity contribution in [2.24, 2.45) is 18.0 Å². The molecule has 2 rings (SSSR count). The van der Waals surface area contributed by atoms with Gasteiger partial charge in [0.1, 0.15) is 5.82 Å². The van der Waals surface area contributed by atoms with Crippen LogP contribution in [0.5, 0.6) is 0 Å². The van der Waals surface area contributed by atoms with Crippen molar-refractivity contribution in [1.82, 2.24) is 19.8 Å². The van der Waals surface area contributed by atoms with E-state index in [9.17, 15) is 4.79 Å². The molecule has 0 aliphatic carbocycles. The van der Waals surface area contributed by atoms with Crippen LogP contribution in [0.25, 0.3) is 0 Å². The lowest BCUT2D eigenvalue weighted by Gasteiger charge is -2.33. The Balaban J connectivity index is 1.92. The Hall–Kier alpha value is -2.05. The number of aromatic nitrogens is 2. The second-order valence-corrected chi connectivity index (χ2v) is 5.39. The molecule has 1 atom stereocenters. The van der Waals surface area contributed by atoms with Crippen molar-refractivity contribution in [2.75, 3.05) is 26.7 Å². The van der Waals surface area contributed by atoms with Gasteiger partial charge in [0, 0.05) is 39.6 Å². The summed E-state index contributed by atoms with van der Waals surface area (Å²) in [5, 5.41) is 3.31. The van der Waals surface area contributed by atoms with Crippen molar-refractivity contribution < 1.29 is 9.53 Å². The van der Waals surface area contributed by atoms with E-state index in [2.05, 4.69) is 20.2 Å². The Morgan fingerprint density at radius 3 is 3.05 bits per heavy atom. The fraction of sp³-hybridized carbons (Fsp3) is 0.667. The molecule has 1 aliphatic rings. The lowest BCUT2D eigenvalue weighted by Crippen LogP contribution is -2.48. The molecule has 0 bridgehead atoms. The van der Waals surface area contributed by atoms with Gasteiger partial charge >= 0.3 is 5.97 Å². The Bertz CT molecular complexity index is 526. The number of guanidine groups is 1. The normalized spacial score (nSPS) is 19.1. The van der Waals surface area contributed by atoms with Crippen molar-refractivity contribution >= 4 is 11.9 Å². The number of piperidine rings is 1. The molecule has 1 aromatic heterocycles. The number of carbonyl (C=O) groups excluding carboxylic acids is 1. The Morgan fingerprint density at radius 2 is 2.41 bits per heavy atom. The molecule has 122 valence electrons. The first-order valence-electron chi connectivity index (χ1n) is 7.74. The zero-order chi connectivity index (χ0) is 15.9. The summed E-state index contributed by atoms with van der Waals surface area (Å²) in [6.45, 7) is 4.43. The maximum Gasteiger partial charge on any atom is 0.310 e. The van der Waals surface area contributed by atoms with Crippen LogP contribution in [0.1, 0.15) is 25.6 Å². The molecule has 0 unspecified atom stereocenters. The maximum absolute atomic E-state index is 11.9. The van der Waals surface area contributed by atoms with E-state index in [4.69, 9.17) is 4.74 Å². The second kappa shape index (κ2) is 7.82. The zero-order valence-electron chi connectivity index (χ0n) is 13.6.